The van der Waals surface area contributed by atoms with Crippen molar-refractivity contribution in [2.24, 2.45) is 0 Å². The molecule has 0 aliphatic heterocycles. The second kappa shape index (κ2) is 4.41. The Morgan fingerprint density at radius 2 is 1.59 bits per heavy atom. The van der Waals surface area contributed by atoms with Gasteiger partial charge >= 0.3 is 0 Å². The van der Waals surface area contributed by atoms with E-state index in [4.69, 9.17) is 0 Å². The zero-order chi connectivity index (χ0) is 12.4. The van der Waals surface area contributed by atoms with Gasteiger partial charge in [0.15, 0.2) is 17.9 Å². The number of halogens is 3. The summed E-state index contributed by atoms with van der Waals surface area (Å²) in [6, 6.07) is 8.82. The maximum Gasteiger partial charge on any atom is 0.172 e. The van der Waals surface area contributed by atoms with Crippen molar-refractivity contribution in [3.63, 3.8) is 0 Å². The van der Waals surface area contributed by atoms with E-state index in [1.807, 2.05) is 0 Å². The lowest BCUT2D eigenvalue weighted by molar-refractivity contribution is 0.111. The van der Waals surface area contributed by atoms with Crippen LogP contribution in [-0.4, -0.2) is 6.29 Å². The molecule has 0 radical (unpaired) electrons. The van der Waals surface area contributed by atoms with Crippen LogP contribution >= 0.6 is 0 Å². The van der Waals surface area contributed by atoms with E-state index in [-0.39, 0.29) is 11.8 Å². The summed E-state index contributed by atoms with van der Waals surface area (Å²) in [5, 5.41) is 0. The Kier molecular flexibility index (Phi) is 2.95. The Labute approximate surface area is 95.5 Å². The van der Waals surface area contributed by atoms with Crippen LogP contribution < -0.4 is 0 Å². The fraction of sp³-hybridized carbons (Fsp3) is 0. The van der Waals surface area contributed by atoms with Gasteiger partial charge in [-0.15, -0.1) is 0 Å². The van der Waals surface area contributed by atoms with Gasteiger partial charge in [0.1, 0.15) is 5.82 Å². The van der Waals surface area contributed by atoms with Crippen molar-refractivity contribution in [3.8, 4) is 11.1 Å². The van der Waals surface area contributed by atoms with Gasteiger partial charge < -0.3 is 0 Å². The number of hydrogen-bond acceptors (Lipinski definition) is 1. The van der Waals surface area contributed by atoms with Crippen LogP contribution in [0.3, 0.4) is 0 Å². The number of benzene rings is 2. The molecule has 2 aromatic carbocycles. The molecule has 0 heterocycles. The molecular weight excluding hydrogens is 229 g/mol. The highest BCUT2D eigenvalue weighted by molar-refractivity contribution is 5.80. The van der Waals surface area contributed by atoms with Crippen LogP contribution in [0.2, 0.25) is 0 Å². The Morgan fingerprint density at radius 3 is 2.18 bits per heavy atom. The third-order valence-corrected chi connectivity index (χ3v) is 2.39. The van der Waals surface area contributed by atoms with Crippen LogP contribution in [0, 0.1) is 17.5 Å². The molecule has 0 atom stereocenters. The van der Waals surface area contributed by atoms with Gasteiger partial charge in [-0.1, -0.05) is 30.3 Å². The van der Waals surface area contributed by atoms with Gasteiger partial charge in [0.2, 0.25) is 0 Å². The third kappa shape index (κ3) is 1.93. The minimum atomic E-state index is -1.46. The molecule has 0 saturated carbocycles. The molecule has 0 aromatic heterocycles. The van der Waals surface area contributed by atoms with Crippen LogP contribution in [0.25, 0.3) is 11.1 Å². The predicted octanol–water partition coefficient (Wildman–Crippen LogP) is 3.58. The number of rotatable bonds is 2. The Hall–Kier alpha value is -2.10. The highest BCUT2D eigenvalue weighted by Gasteiger charge is 2.18. The molecule has 0 spiro atoms. The van der Waals surface area contributed by atoms with Crippen molar-refractivity contribution >= 4 is 6.29 Å². The molecule has 0 bridgehead atoms. The Bertz CT molecular complexity index is 565. The first kappa shape index (κ1) is 11.4. The van der Waals surface area contributed by atoms with Crippen LogP contribution in [0.15, 0.2) is 36.4 Å². The molecule has 0 N–H and O–H groups in total. The minimum Gasteiger partial charge on any atom is -0.298 e. The van der Waals surface area contributed by atoms with Crippen molar-refractivity contribution in [1.29, 1.82) is 0 Å². The monoisotopic (exact) mass is 236 g/mol. The van der Waals surface area contributed by atoms with E-state index in [2.05, 4.69) is 0 Å². The van der Waals surface area contributed by atoms with Crippen LogP contribution in [0.5, 0.6) is 0 Å². The van der Waals surface area contributed by atoms with Gasteiger partial charge in [-0.3, -0.25) is 4.79 Å². The highest BCUT2D eigenvalue weighted by atomic mass is 19.2. The summed E-state index contributed by atoms with van der Waals surface area (Å²) >= 11 is 0. The molecule has 0 unspecified atom stereocenters. The van der Waals surface area contributed by atoms with Crippen LogP contribution in [-0.2, 0) is 0 Å². The summed E-state index contributed by atoms with van der Waals surface area (Å²) in [5.74, 6) is -3.75. The second-order valence-electron chi connectivity index (χ2n) is 3.43. The minimum absolute atomic E-state index is 0.0276. The SMILES string of the molecule is O=Cc1c(F)c(F)cc(-c2ccccc2)c1F. The van der Waals surface area contributed by atoms with Gasteiger partial charge in [-0.25, -0.2) is 13.2 Å². The molecule has 86 valence electrons. The molecule has 1 nitrogen and oxygen atoms in total. The second-order valence-corrected chi connectivity index (χ2v) is 3.43. The summed E-state index contributed by atoms with van der Waals surface area (Å²) in [6.45, 7) is 0. The van der Waals surface area contributed by atoms with E-state index in [0.717, 1.165) is 6.07 Å². The quantitative estimate of drug-likeness (QED) is 0.575. The molecule has 17 heavy (non-hydrogen) atoms. The number of aldehydes is 1. The Balaban J connectivity index is 2.72. The van der Waals surface area contributed by atoms with Crippen molar-refractivity contribution in [2.45, 2.75) is 0 Å². The predicted molar refractivity (Wildman–Crippen MR) is 57.1 cm³/mol. The molecule has 0 saturated heterocycles. The lowest BCUT2D eigenvalue weighted by atomic mass is 10.0. The number of carbonyl (C=O) groups excluding carboxylic acids is 1. The highest BCUT2D eigenvalue weighted by Crippen LogP contribution is 2.27. The van der Waals surface area contributed by atoms with Gasteiger partial charge in [0.05, 0.1) is 5.56 Å². The average molecular weight is 236 g/mol. The number of carbonyl (C=O) groups is 1. The molecular formula is C13H7F3O. The van der Waals surface area contributed by atoms with Crippen molar-refractivity contribution < 1.29 is 18.0 Å². The molecule has 2 rings (SSSR count). The first-order valence-corrected chi connectivity index (χ1v) is 4.83. The van der Waals surface area contributed by atoms with Crippen molar-refractivity contribution in [3.05, 3.63) is 59.4 Å². The molecule has 0 aliphatic carbocycles. The Morgan fingerprint density at radius 1 is 0.941 bits per heavy atom. The van der Waals surface area contributed by atoms with Gasteiger partial charge in [-0.2, -0.15) is 0 Å². The zero-order valence-corrected chi connectivity index (χ0v) is 8.58. The number of hydrogen-bond donors (Lipinski definition) is 0. The van der Waals surface area contributed by atoms with Gasteiger partial charge in [0, 0.05) is 5.56 Å². The first-order valence-electron chi connectivity index (χ1n) is 4.83. The summed E-state index contributed by atoms with van der Waals surface area (Å²) in [6.07, 6.45) is -0.0276. The fourth-order valence-corrected chi connectivity index (χ4v) is 1.55. The van der Waals surface area contributed by atoms with Crippen LogP contribution in [0.4, 0.5) is 13.2 Å². The summed E-state index contributed by atoms with van der Waals surface area (Å²) < 4.78 is 40.1. The maximum atomic E-state index is 13.8. The zero-order valence-electron chi connectivity index (χ0n) is 8.58. The van der Waals surface area contributed by atoms with E-state index in [9.17, 15) is 18.0 Å². The first-order chi connectivity index (χ1) is 8.15. The maximum absolute atomic E-state index is 13.8. The normalized spacial score (nSPS) is 10.3. The average Bonchev–Trinajstić information content (AvgIpc) is 2.36. The van der Waals surface area contributed by atoms with Crippen molar-refractivity contribution in [1.82, 2.24) is 0 Å². The molecule has 0 amide bonds. The standard InChI is InChI=1S/C13H7F3O/c14-11-6-9(8-4-2-1-3-5-8)12(15)10(7-17)13(11)16/h1-7H. The van der Waals surface area contributed by atoms with E-state index in [1.54, 1.807) is 30.3 Å². The third-order valence-electron chi connectivity index (χ3n) is 2.39. The summed E-state index contributed by atoms with van der Waals surface area (Å²) in [5.41, 5.74) is -0.637. The summed E-state index contributed by atoms with van der Waals surface area (Å²) in [7, 11) is 0. The van der Waals surface area contributed by atoms with Crippen molar-refractivity contribution in [2.75, 3.05) is 0 Å². The fourth-order valence-electron chi connectivity index (χ4n) is 1.55. The molecule has 4 heteroatoms. The smallest absolute Gasteiger partial charge is 0.172 e. The lowest BCUT2D eigenvalue weighted by Gasteiger charge is -2.07. The van der Waals surface area contributed by atoms with E-state index < -0.39 is 23.0 Å². The lowest BCUT2D eigenvalue weighted by Crippen LogP contribution is -2.00. The molecule has 0 fully saturated rings. The largest absolute Gasteiger partial charge is 0.298 e. The molecule has 0 aliphatic rings. The van der Waals surface area contributed by atoms with Gasteiger partial charge in [0.25, 0.3) is 0 Å². The summed E-state index contributed by atoms with van der Waals surface area (Å²) in [4.78, 5) is 10.5. The van der Waals surface area contributed by atoms with E-state index in [0.29, 0.717) is 5.56 Å². The van der Waals surface area contributed by atoms with Gasteiger partial charge in [-0.05, 0) is 11.6 Å². The van der Waals surface area contributed by atoms with E-state index in [1.165, 1.54) is 0 Å². The van der Waals surface area contributed by atoms with Crippen LogP contribution in [0.1, 0.15) is 10.4 Å². The van der Waals surface area contributed by atoms with E-state index >= 15 is 0 Å². The topological polar surface area (TPSA) is 17.1 Å². The molecule has 2 aromatic rings.